The Morgan fingerprint density at radius 1 is 0.952 bits per heavy atom. The van der Waals surface area contributed by atoms with Gasteiger partial charge in [0.05, 0.1) is 0 Å². The molecule has 0 bridgehead atoms. The van der Waals surface area contributed by atoms with E-state index in [1.54, 1.807) is 0 Å². The maximum Gasteiger partial charge on any atom is 0.0477 e. The SMILES string of the molecule is CC.CNCN1CCC(C(C)(C)N2CCN(C)CC2)CC1. The number of hydrogen-bond donors (Lipinski definition) is 1. The molecular formula is C17H38N4. The second-order valence-electron chi connectivity index (χ2n) is 6.85. The molecule has 2 saturated heterocycles. The summed E-state index contributed by atoms with van der Waals surface area (Å²) in [4.78, 5) is 7.71. The van der Waals surface area contributed by atoms with Crippen molar-refractivity contribution in [3.05, 3.63) is 0 Å². The number of piperidine rings is 1. The molecule has 0 spiro atoms. The Morgan fingerprint density at radius 3 is 1.95 bits per heavy atom. The molecule has 0 aliphatic carbocycles. The highest BCUT2D eigenvalue weighted by molar-refractivity contribution is 4.93. The zero-order valence-electron chi connectivity index (χ0n) is 15.3. The summed E-state index contributed by atoms with van der Waals surface area (Å²) in [6.45, 7) is 17.4. The lowest BCUT2D eigenvalue weighted by molar-refractivity contribution is -0.00109. The minimum Gasteiger partial charge on any atom is -0.307 e. The Balaban J connectivity index is 0.00000106. The number of piperazine rings is 1. The minimum absolute atomic E-state index is 0.368. The number of likely N-dealkylation sites (N-methyl/N-ethyl adjacent to an activating group) is 1. The third-order valence-electron chi connectivity index (χ3n) is 5.29. The zero-order valence-corrected chi connectivity index (χ0v) is 15.3. The van der Waals surface area contributed by atoms with E-state index in [1.165, 1.54) is 52.1 Å². The van der Waals surface area contributed by atoms with Gasteiger partial charge in [0.1, 0.15) is 0 Å². The van der Waals surface area contributed by atoms with Gasteiger partial charge in [0.25, 0.3) is 0 Å². The van der Waals surface area contributed by atoms with Gasteiger partial charge in [-0.25, -0.2) is 0 Å². The lowest BCUT2D eigenvalue weighted by Crippen LogP contribution is -2.58. The van der Waals surface area contributed by atoms with E-state index in [0.29, 0.717) is 5.54 Å². The largest absolute Gasteiger partial charge is 0.307 e. The summed E-state index contributed by atoms with van der Waals surface area (Å²) >= 11 is 0. The Bertz CT molecular complexity index is 264. The third kappa shape index (κ3) is 5.20. The number of likely N-dealkylation sites (tertiary alicyclic amines) is 1. The van der Waals surface area contributed by atoms with Crippen LogP contribution in [-0.2, 0) is 0 Å². The maximum absolute atomic E-state index is 3.27. The molecule has 2 fully saturated rings. The molecule has 4 nitrogen and oxygen atoms in total. The first-order valence-corrected chi connectivity index (χ1v) is 8.84. The van der Waals surface area contributed by atoms with E-state index in [9.17, 15) is 0 Å². The van der Waals surface area contributed by atoms with Crippen LogP contribution in [0.15, 0.2) is 0 Å². The van der Waals surface area contributed by atoms with E-state index in [0.717, 1.165) is 12.6 Å². The first kappa shape index (κ1) is 18.9. The Morgan fingerprint density at radius 2 is 1.48 bits per heavy atom. The average Bonchev–Trinajstić information content (AvgIpc) is 2.51. The molecule has 0 unspecified atom stereocenters. The Labute approximate surface area is 132 Å². The molecule has 21 heavy (non-hydrogen) atoms. The van der Waals surface area contributed by atoms with Crippen molar-refractivity contribution in [1.29, 1.82) is 0 Å². The van der Waals surface area contributed by atoms with Gasteiger partial charge in [-0.1, -0.05) is 13.8 Å². The van der Waals surface area contributed by atoms with Crippen molar-refractivity contribution in [2.75, 3.05) is 60.0 Å². The van der Waals surface area contributed by atoms with Crippen LogP contribution in [0.5, 0.6) is 0 Å². The van der Waals surface area contributed by atoms with E-state index in [1.807, 2.05) is 20.9 Å². The summed E-state index contributed by atoms with van der Waals surface area (Å²) in [7, 11) is 4.28. The van der Waals surface area contributed by atoms with Gasteiger partial charge in [-0.2, -0.15) is 0 Å². The van der Waals surface area contributed by atoms with Gasteiger partial charge >= 0.3 is 0 Å². The Hall–Kier alpha value is -0.160. The predicted molar refractivity (Wildman–Crippen MR) is 92.7 cm³/mol. The van der Waals surface area contributed by atoms with E-state index in [4.69, 9.17) is 0 Å². The van der Waals surface area contributed by atoms with E-state index in [2.05, 4.69) is 40.9 Å². The van der Waals surface area contributed by atoms with Crippen molar-refractivity contribution >= 4 is 0 Å². The molecule has 2 aliphatic heterocycles. The summed E-state index contributed by atoms with van der Waals surface area (Å²) in [6, 6.07) is 0. The molecule has 0 radical (unpaired) electrons. The number of nitrogens with one attached hydrogen (secondary N) is 1. The number of hydrogen-bond acceptors (Lipinski definition) is 4. The standard InChI is InChI=1S/C15H32N4.C2H6/c1-15(2,19-11-9-17(4)10-12-19)14-5-7-18(8-6-14)13-16-3;1-2/h14,16H,5-13H2,1-4H3;1-2H3. The normalized spacial score (nSPS) is 23.7. The molecule has 0 saturated carbocycles. The van der Waals surface area contributed by atoms with Gasteiger partial charge in [0, 0.05) is 38.4 Å². The fraction of sp³-hybridized carbons (Fsp3) is 1.00. The van der Waals surface area contributed by atoms with Crippen molar-refractivity contribution in [1.82, 2.24) is 20.0 Å². The van der Waals surface area contributed by atoms with Gasteiger partial charge in [-0.15, -0.1) is 0 Å². The lowest BCUT2D eigenvalue weighted by Gasteiger charge is -2.49. The minimum atomic E-state index is 0.368. The van der Waals surface area contributed by atoms with Crippen LogP contribution in [0.2, 0.25) is 0 Å². The number of nitrogens with zero attached hydrogens (tertiary/aromatic N) is 3. The Kier molecular flexibility index (Phi) is 8.17. The quantitative estimate of drug-likeness (QED) is 0.856. The van der Waals surface area contributed by atoms with Crippen molar-refractivity contribution in [2.45, 2.75) is 46.1 Å². The zero-order chi connectivity index (χ0) is 15.9. The van der Waals surface area contributed by atoms with Crippen molar-refractivity contribution in [2.24, 2.45) is 5.92 Å². The van der Waals surface area contributed by atoms with E-state index < -0.39 is 0 Å². The topological polar surface area (TPSA) is 21.8 Å². The summed E-state index contributed by atoms with van der Waals surface area (Å²) in [6.07, 6.45) is 2.70. The van der Waals surface area contributed by atoms with Crippen molar-refractivity contribution < 1.29 is 0 Å². The smallest absolute Gasteiger partial charge is 0.0477 e. The first-order valence-electron chi connectivity index (χ1n) is 8.84. The third-order valence-corrected chi connectivity index (χ3v) is 5.29. The van der Waals surface area contributed by atoms with Crippen LogP contribution >= 0.6 is 0 Å². The van der Waals surface area contributed by atoms with Crippen LogP contribution in [0.1, 0.15) is 40.5 Å². The maximum atomic E-state index is 3.27. The fourth-order valence-electron chi connectivity index (χ4n) is 3.66. The van der Waals surface area contributed by atoms with Crippen LogP contribution in [-0.4, -0.2) is 80.3 Å². The van der Waals surface area contributed by atoms with Gasteiger partial charge in [0.2, 0.25) is 0 Å². The molecule has 0 aromatic carbocycles. The molecule has 0 amide bonds. The molecule has 0 aromatic rings. The van der Waals surface area contributed by atoms with Crippen molar-refractivity contribution in [3.63, 3.8) is 0 Å². The van der Waals surface area contributed by atoms with Gasteiger partial charge in [-0.3, -0.25) is 9.80 Å². The molecule has 2 heterocycles. The molecular weight excluding hydrogens is 260 g/mol. The summed E-state index contributed by atoms with van der Waals surface area (Å²) in [5, 5.41) is 3.27. The second kappa shape index (κ2) is 9.09. The second-order valence-corrected chi connectivity index (χ2v) is 6.85. The highest BCUT2D eigenvalue weighted by Crippen LogP contribution is 2.33. The highest BCUT2D eigenvalue weighted by atomic mass is 15.3. The van der Waals surface area contributed by atoms with Crippen LogP contribution in [0, 0.1) is 5.92 Å². The van der Waals surface area contributed by atoms with Gasteiger partial charge in [0.15, 0.2) is 0 Å². The summed E-state index contributed by atoms with van der Waals surface area (Å²) in [5.74, 6) is 0.851. The first-order chi connectivity index (χ1) is 10.0. The highest BCUT2D eigenvalue weighted by Gasteiger charge is 2.37. The van der Waals surface area contributed by atoms with Crippen molar-refractivity contribution in [3.8, 4) is 0 Å². The molecule has 126 valence electrons. The molecule has 0 atom stereocenters. The molecule has 2 aliphatic rings. The van der Waals surface area contributed by atoms with Gasteiger partial charge in [-0.05, 0) is 59.8 Å². The fourth-order valence-corrected chi connectivity index (χ4v) is 3.66. The molecule has 2 rings (SSSR count). The van der Waals surface area contributed by atoms with E-state index in [-0.39, 0.29) is 0 Å². The molecule has 0 aromatic heterocycles. The number of rotatable bonds is 4. The van der Waals surface area contributed by atoms with Crippen LogP contribution in [0.3, 0.4) is 0 Å². The van der Waals surface area contributed by atoms with Gasteiger partial charge < -0.3 is 10.2 Å². The van der Waals surface area contributed by atoms with Crippen LogP contribution in [0.4, 0.5) is 0 Å². The lowest BCUT2D eigenvalue weighted by atomic mass is 9.79. The monoisotopic (exact) mass is 298 g/mol. The average molecular weight is 299 g/mol. The molecule has 1 N–H and O–H groups in total. The van der Waals surface area contributed by atoms with Crippen LogP contribution < -0.4 is 5.32 Å². The summed E-state index contributed by atoms with van der Waals surface area (Å²) in [5.41, 5.74) is 0.368. The predicted octanol–water partition coefficient (Wildman–Crippen LogP) is 1.93. The molecule has 4 heteroatoms. The van der Waals surface area contributed by atoms with Crippen LogP contribution in [0.25, 0.3) is 0 Å². The van der Waals surface area contributed by atoms with E-state index >= 15 is 0 Å². The summed E-state index contributed by atoms with van der Waals surface area (Å²) < 4.78 is 0.